The summed E-state index contributed by atoms with van der Waals surface area (Å²) in [6.45, 7) is 3.63. The van der Waals surface area contributed by atoms with Crippen molar-refractivity contribution in [2.75, 3.05) is 33.4 Å². The second-order valence-electron chi connectivity index (χ2n) is 6.28. The first-order valence-electron chi connectivity index (χ1n) is 7.78. The fourth-order valence-corrected chi connectivity index (χ4v) is 5.11. The molecule has 2 atom stereocenters. The molecule has 3 rings (SSSR count). The first-order chi connectivity index (χ1) is 10.2. The van der Waals surface area contributed by atoms with Crippen LogP contribution in [0.5, 0.6) is 0 Å². The molecule has 3 nitrogen and oxygen atoms in total. The average Bonchev–Trinajstić information content (AvgIpc) is 3.13. The third-order valence-corrected chi connectivity index (χ3v) is 6.64. The monoisotopic (exact) mass is 373 g/mol. The Labute approximate surface area is 139 Å². The number of methoxy groups -OCH3 is 1. The molecule has 21 heavy (non-hydrogen) atoms. The lowest BCUT2D eigenvalue weighted by atomic mass is 9.75. The lowest BCUT2D eigenvalue weighted by molar-refractivity contribution is 0.0302. The van der Waals surface area contributed by atoms with Gasteiger partial charge in [0.2, 0.25) is 0 Å². The zero-order valence-electron chi connectivity index (χ0n) is 12.6. The lowest BCUT2D eigenvalue weighted by Crippen LogP contribution is -2.44. The smallest absolute Gasteiger partial charge is 0.0675 e. The Bertz CT molecular complexity index is 463. The Morgan fingerprint density at radius 3 is 3.05 bits per heavy atom. The van der Waals surface area contributed by atoms with Crippen LogP contribution in [0.25, 0.3) is 0 Å². The second-order valence-corrected chi connectivity index (χ2v) is 8.13. The van der Waals surface area contributed by atoms with Gasteiger partial charge in [0.05, 0.1) is 12.7 Å². The molecular weight excluding hydrogens is 350 g/mol. The number of rotatable bonds is 8. The molecule has 1 aromatic rings. The molecule has 0 amide bonds. The van der Waals surface area contributed by atoms with Gasteiger partial charge in [-0.15, -0.1) is 11.3 Å². The molecule has 2 unspecified atom stereocenters. The number of ether oxygens (including phenoxy) is 2. The van der Waals surface area contributed by atoms with Crippen molar-refractivity contribution in [1.82, 2.24) is 5.32 Å². The summed E-state index contributed by atoms with van der Waals surface area (Å²) < 4.78 is 12.6. The standard InChI is InChI=1S/C16H24BrNO2S/c1-19-8-6-18-11-16(10-14-13(17)4-9-21-14)5-7-20-15(16)12-2-3-12/h4,9,12,15,18H,2-3,5-8,10-11H2,1H3. The van der Waals surface area contributed by atoms with Crippen LogP contribution in [0.3, 0.4) is 0 Å². The summed E-state index contributed by atoms with van der Waals surface area (Å²) in [7, 11) is 1.76. The minimum atomic E-state index is 0.252. The van der Waals surface area contributed by atoms with Crippen LogP contribution in [-0.4, -0.2) is 39.5 Å². The van der Waals surface area contributed by atoms with E-state index in [1.807, 2.05) is 11.3 Å². The van der Waals surface area contributed by atoms with E-state index in [1.165, 1.54) is 28.6 Å². The lowest BCUT2D eigenvalue weighted by Gasteiger charge is -2.34. The van der Waals surface area contributed by atoms with E-state index in [9.17, 15) is 0 Å². The third-order valence-electron chi connectivity index (χ3n) is 4.71. The van der Waals surface area contributed by atoms with Gasteiger partial charge in [-0.05, 0) is 59.0 Å². The highest BCUT2D eigenvalue weighted by molar-refractivity contribution is 9.10. The molecule has 1 aliphatic heterocycles. The van der Waals surface area contributed by atoms with E-state index in [4.69, 9.17) is 9.47 Å². The largest absolute Gasteiger partial charge is 0.383 e. The molecule has 0 bridgehead atoms. The van der Waals surface area contributed by atoms with Crippen LogP contribution in [-0.2, 0) is 15.9 Å². The van der Waals surface area contributed by atoms with Crippen molar-refractivity contribution in [3.63, 3.8) is 0 Å². The maximum absolute atomic E-state index is 6.16. The normalized spacial score (nSPS) is 29.1. The van der Waals surface area contributed by atoms with Crippen molar-refractivity contribution in [3.05, 3.63) is 20.8 Å². The van der Waals surface area contributed by atoms with E-state index in [2.05, 4.69) is 32.7 Å². The number of halogens is 1. The van der Waals surface area contributed by atoms with Gasteiger partial charge in [0.15, 0.2) is 0 Å². The van der Waals surface area contributed by atoms with Crippen molar-refractivity contribution in [2.45, 2.75) is 31.8 Å². The van der Waals surface area contributed by atoms with Gasteiger partial charge in [-0.25, -0.2) is 0 Å². The van der Waals surface area contributed by atoms with Crippen LogP contribution in [0, 0.1) is 11.3 Å². The molecule has 0 radical (unpaired) electrons. The van der Waals surface area contributed by atoms with Crippen LogP contribution in [0.15, 0.2) is 15.9 Å². The van der Waals surface area contributed by atoms with Gasteiger partial charge in [-0.1, -0.05) is 0 Å². The van der Waals surface area contributed by atoms with Crippen molar-refractivity contribution in [3.8, 4) is 0 Å². The van der Waals surface area contributed by atoms with Crippen molar-refractivity contribution in [1.29, 1.82) is 0 Å². The van der Waals surface area contributed by atoms with Gasteiger partial charge < -0.3 is 14.8 Å². The van der Waals surface area contributed by atoms with Gasteiger partial charge in [0.25, 0.3) is 0 Å². The molecule has 2 aliphatic rings. The van der Waals surface area contributed by atoms with Crippen LogP contribution in [0.4, 0.5) is 0 Å². The van der Waals surface area contributed by atoms with E-state index >= 15 is 0 Å². The topological polar surface area (TPSA) is 30.5 Å². The van der Waals surface area contributed by atoms with Crippen molar-refractivity contribution >= 4 is 27.3 Å². The third kappa shape index (κ3) is 3.70. The van der Waals surface area contributed by atoms with Gasteiger partial charge in [0, 0.05) is 41.6 Å². The fourth-order valence-electron chi connectivity index (χ4n) is 3.47. The molecule has 1 saturated carbocycles. The molecule has 5 heteroatoms. The number of hydrogen-bond donors (Lipinski definition) is 1. The zero-order valence-corrected chi connectivity index (χ0v) is 15.0. The molecule has 1 aliphatic carbocycles. The van der Waals surface area contributed by atoms with Crippen LogP contribution >= 0.6 is 27.3 Å². The van der Waals surface area contributed by atoms with Gasteiger partial charge in [-0.2, -0.15) is 0 Å². The molecule has 2 heterocycles. The van der Waals surface area contributed by atoms with E-state index in [0.717, 1.165) is 38.6 Å². The molecule has 2 fully saturated rings. The summed E-state index contributed by atoms with van der Waals surface area (Å²) in [5, 5.41) is 5.77. The number of hydrogen-bond acceptors (Lipinski definition) is 4. The Morgan fingerprint density at radius 2 is 2.38 bits per heavy atom. The molecule has 0 spiro atoms. The van der Waals surface area contributed by atoms with Crippen molar-refractivity contribution < 1.29 is 9.47 Å². The molecule has 0 aromatic carbocycles. The number of thiophene rings is 1. The Kier molecular flexibility index (Phi) is 5.38. The first-order valence-corrected chi connectivity index (χ1v) is 9.45. The maximum Gasteiger partial charge on any atom is 0.0675 e. The van der Waals surface area contributed by atoms with Gasteiger partial charge in [-0.3, -0.25) is 0 Å². The minimum absolute atomic E-state index is 0.252. The summed E-state index contributed by atoms with van der Waals surface area (Å²) >= 11 is 5.55. The van der Waals surface area contributed by atoms with E-state index in [0.29, 0.717) is 6.10 Å². The summed E-state index contributed by atoms with van der Waals surface area (Å²) in [6.07, 6.45) is 5.40. The predicted octanol–water partition coefficient (Wildman–Crippen LogP) is 3.47. The van der Waals surface area contributed by atoms with E-state index < -0.39 is 0 Å². The van der Waals surface area contributed by atoms with Crippen LogP contribution in [0.1, 0.15) is 24.1 Å². The Morgan fingerprint density at radius 1 is 1.52 bits per heavy atom. The van der Waals surface area contributed by atoms with Crippen LogP contribution < -0.4 is 5.32 Å². The second kappa shape index (κ2) is 7.09. The summed E-state index contributed by atoms with van der Waals surface area (Å²) in [5.74, 6) is 0.787. The molecule has 1 N–H and O–H groups in total. The van der Waals surface area contributed by atoms with Crippen LogP contribution in [0.2, 0.25) is 0 Å². The quantitative estimate of drug-likeness (QED) is 0.707. The molecule has 118 valence electrons. The Balaban J connectivity index is 1.72. The molecule has 1 aromatic heterocycles. The maximum atomic E-state index is 6.16. The zero-order chi connectivity index (χ0) is 14.7. The van der Waals surface area contributed by atoms with E-state index in [1.54, 1.807) is 7.11 Å². The highest BCUT2D eigenvalue weighted by Gasteiger charge is 2.50. The average molecular weight is 374 g/mol. The molecule has 1 saturated heterocycles. The highest BCUT2D eigenvalue weighted by atomic mass is 79.9. The molecular formula is C16H24BrNO2S. The summed E-state index contributed by atoms with van der Waals surface area (Å²) in [6, 6.07) is 2.16. The highest BCUT2D eigenvalue weighted by Crippen LogP contribution is 2.50. The predicted molar refractivity (Wildman–Crippen MR) is 90.0 cm³/mol. The minimum Gasteiger partial charge on any atom is -0.383 e. The van der Waals surface area contributed by atoms with Gasteiger partial charge >= 0.3 is 0 Å². The summed E-state index contributed by atoms with van der Waals surface area (Å²) in [4.78, 5) is 1.46. The fraction of sp³-hybridized carbons (Fsp3) is 0.750. The van der Waals surface area contributed by atoms with Crippen molar-refractivity contribution in [2.24, 2.45) is 11.3 Å². The van der Waals surface area contributed by atoms with E-state index in [-0.39, 0.29) is 5.41 Å². The summed E-state index contributed by atoms with van der Waals surface area (Å²) in [5.41, 5.74) is 0.252. The number of nitrogens with one attached hydrogen (secondary N) is 1. The Hall–Kier alpha value is 0.0600. The SMILES string of the molecule is COCCNCC1(Cc2sccc2Br)CCOC1C1CC1. The van der Waals surface area contributed by atoms with Gasteiger partial charge in [0.1, 0.15) is 0 Å². The first kappa shape index (κ1) is 15.9.